The maximum atomic E-state index is 13.0. The van der Waals surface area contributed by atoms with Gasteiger partial charge < -0.3 is 15.1 Å². The fraction of sp³-hybridized carbons (Fsp3) is 0.294. The highest BCUT2D eigenvalue weighted by Crippen LogP contribution is 2.17. The third-order valence-electron chi connectivity index (χ3n) is 3.62. The fourth-order valence-electron chi connectivity index (χ4n) is 2.38. The number of piperazine rings is 1. The van der Waals surface area contributed by atoms with E-state index in [1.807, 2.05) is 6.07 Å². The Balaban J connectivity index is 1.94. The number of carbonyl (C=O) groups excluding carboxylic acids is 1. The van der Waals surface area contributed by atoms with Crippen LogP contribution in [0.4, 0.5) is 10.1 Å². The van der Waals surface area contributed by atoms with Crippen LogP contribution in [0.3, 0.4) is 0 Å². The number of benzene rings is 1. The van der Waals surface area contributed by atoms with Crippen LogP contribution < -0.4 is 10.2 Å². The molecule has 1 amide bonds. The van der Waals surface area contributed by atoms with E-state index in [-0.39, 0.29) is 17.3 Å². The highest BCUT2D eigenvalue weighted by molar-refractivity contribution is 5.97. The van der Waals surface area contributed by atoms with Gasteiger partial charge in [-0.25, -0.2) is 4.39 Å². The molecule has 1 aromatic rings. The van der Waals surface area contributed by atoms with Gasteiger partial charge in [-0.2, -0.15) is 5.26 Å². The van der Waals surface area contributed by atoms with Crippen molar-refractivity contribution in [2.75, 3.05) is 37.6 Å². The minimum absolute atomic E-state index is 0.0853. The smallest absolute Gasteiger partial charge is 0.266 e. The lowest BCUT2D eigenvalue weighted by Gasteiger charge is -2.36. The summed E-state index contributed by atoms with van der Waals surface area (Å²) in [6, 6.07) is 8.23. The number of nitrogens with one attached hydrogen (secondary N) is 1. The largest absolute Gasteiger partial charge is 0.386 e. The van der Waals surface area contributed by atoms with Gasteiger partial charge in [0, 0.05) is 44.6 Å². The number of nitrogens with zero attached hydrogens (tertiary/aromatic N) is 3. The maximum absolute atomic E-state index is 13.0. The molecule has 1 aliphatic heterocycles. The van der Waals surface area contributed by atoms with Gasteiger partial charge in [0.05, 0.1) is 0 Å². The first-order valence-corrected chi connectivity index (χ1v) is 7.40. The first-order chi connectivity index (χ1) is 11.2. The average molecular weight is 314 g/mol. The molecule has 0 aromatic heterocycles. The lowest BCUT2D eigenvalue weighted by Crippen LogP contribution is -2.49. The van der Waals surface area contributed by atoms with Crippen LogP contribution in [0.15, 0.2) is 48.7 Å². The summed E-state index contributed by atoms with van der Waals surface area (Å²) in [5.74, 6) is -0.541. The molecule has 6 heteroatoms. The molecule has 1 N–H and O–H groups in total. The molecule has 0 spiro atoms. The Labute approximate surface area is 135 Å². The number of nitriles is 1. The summed E-state index contributed by atoms with van der Waals surface area (Å²) in [6.45, 7) is 6.41. The summed E-state index contributed by atoms with van der Waals surface area (Å²) < 4.78 is 13.0. The third kappa shape index (κ3) is 4.33. The van der Waals surface area contributed by atoms with Gasteiger partial charge in [0.15, 0.2) is 0 Å². The Morgan fingerprint density at radius 2 is 1.96 bits per heavy atom. The predicted molar refractivity (Wildman–Crippen MR) is 87.1 cm³/mol. The van der Waals surface area contributed by atoms with Crippen LogP contribution in [0.25, 0.3) is 0 Å². The summed E-state index contributed by atoms with van der Waals surface area (Å²) in [5, 5.41) is 12.0. The van der Waals surface area contributed by atoms with Gasteiger partial charge in [-0.15, -0.1) is 6.58 Å². The standard InChI is InChI=1S/C17H19FN4O/c1-2-7-20-13-14(12-19)17(23)22-10-8-21(9-11-22)16-5-3-15(18)4-6-16/h2-6,13,20H,1,7-11H2/b14-13-. The highest BCUT2D eigenvalue weighted by atomic mass is 19.1. The SMILES string of the molecule is C=CCN/C=C(/C#N)C(=O)N1CCN(c2ccc(F)cc2)CC1. The molecule has 0 atom stereocenters. The molecule has 0 radical (unpaired) electrons. The van der Waals surface area contributed by atoms with Crippen LogP contribution in [0.1, 0.15) is 0 Å². The minimum atomic E-state index is -0.275. The maximum Gasteiger partial charge on any atom is 0.266 e. The van der Waals surface area contributed by atoms with Gasteiger partial charge in [-0.05, 0) is 24.3 Å². The molecule has 2 rings (SSSR count). The van der Waals surface area contributed by atoms with E-state index < -0.39 is 0 Å². The van der Waals surface area contributed by atoms with Gasteiger partial charge in [0.25, 0.3) is 5.91 Å². The molecular weight excluding hydrogens is 295 g/mol. The average Bonchev–Trinajstić information content (AvgIpc) is 2.59. The number of amides is 1. The van der Waals surface area contributed by atoms with Crippen molar-refractivity contribution in [2.45, 2.75) is 0 Å². The van der Waals surface area contributed by atoms with Crippen LogP contribution in [0.5, 0.6) is 0 Å². The molecule has 1 aromatic carbocycles. The normalized spacial score (nSPS) is 15.0. The Morgan fingerprint density at radius 3 is 2.52 bits per heavy atom. The van der Waals surface area contributed by atoms with Gasteiger partial charge >= 0.3 is 0 Å². The van der Waals surface area contributed by atoms with Crippen LogP contribution in [-0.2, 0) is 4.79 Å². The lowest BCUT2D eigenvalue weighted by atomic mass is 10.2. The van der Waals surface area contributed by atoms with Crippen LogP contribution >= 0.6 is 0 Å². The second-order valence-corrected chi connectivity index (χ2v) is 5.12. The van der Waals surface area contributed by atoms with Gasteiger partial charge in [-0.1, -0.05) is 6.08 Å². The van der Waals surface area contributed by atoms with E-state index in [1.165, 1.54) is 18.3 Å². The van der Waals surface area contributed by atoms with Crippen LogP contribution in [0, 0.1) is 17.1 Å². The second-order valence-electron chi connectivity index (χ2n) is 5.12. The molecule has 1 fully saturated rings. The van der Waals surface area contributed by atoms with Crippen molar-refractivity contribution in [2.24, 2.45) is 0 Å². The summed E-state index contributed by atoms with van der Waals surface area (Å²) in [4.78, 5) is 16.1. The summed E-state index contributed by atoms with van der Waals surface area (Å²) >= 11 is 0. The number of carbonyl (C=O) groups is 1. The lowest BCUT2D eigenvalue weighted by molar-refractivity contribution is -0.127. The number of hydrogen-bond donors (Lipinski definition) is 1. The fourth-order valence-corrected chi connectivity index (χ4v) is 2.38. The molecular formula is C17H19FN4O. The second kappa shape index (κ2) is 7.99. The minimum Gasteiger partial charge on any atom is -0.386 e. The van der Waals surface area contributed by atoms with E-state index in [0.29, 0.717) is 32.7 Å². The van der Waals surface area contributed by atoms with Gasteiger partial charge in [0.2, 0.25) is 0 Å². The number of rotatable bonds is 5. The number of anilines is 1. The third-order valence-corrected chi connectivity index (χ3v) is 3.62. The zero-order valence-corrected chi connectivity index (χ0v) is 12.8. The van der Waals surface area contributed by atoms with E-state index in [4.69, 9.17) is 5.26 Å². The number of halogens is 1. The van der Waals surface area contributed by atoms with Crippen molar-refractivity contribution in [1.29, 1.82) is 5.26 Å². The molecule has 0 aliphatic carbocycles. The van der Waals surface area contributed by atoms with Gasteiger partial charge in [0.1, 0.15) is 17.5 Å². The van der Waals surface area contributed by atoms with E-state index in [9.17, 15) is 9.18 Å². The Morgan fingerprint density at radius 1 is 1.30 bits per heavy atom. The molecule has 1 heterocycles. The first kappa shape index (κ1) is 16.6. The van der Waals surface area contributed by atoms with Gasteiger partial charge in [-0.3, -0.25) is 4.79 Å². The predicted octanol–water partition coefficient (Wildman–Crippen LogP) is 1.66. The first-order valence-electron chi connectivity index (χ1n) is 7.40. The quantitative estimate of drug-likeness (QED) is 0.389. The van der Waals surface area contributed by atoms with Crippen molar-refractivity contribution in [3.05, 3.63) is 54.5 Å². The molecule has 0 bridgehead atoms. The molecule has 1 saturated heterocycles. The Hall–Kier alpha value is -2.81. The zero-order valence-electron chi connectivity index (χ0n) is 12.8. The number of hydrogen-bond acceptors (Lipinski definition) is 4. The van der Waals surface area contributed by atoms with E-state index in [0.717, 1.165) is 5.69 Å². The highest BCUT2D eigenvalue weighted by Gasteiger charge is 2.23. The van der Waals surface area contributed by atoms with Crippen LogP contribution in [-0.4, -0.2) is 43.5 Å². The summed E-state index contributed by atoms with van der Waals surface area (Å²) in [6.07, 6.45) is 3.08. The monoisotopic (exact) mass is 314 g/mol. The molecule has 0 unspecified atom stereocenters. The summed E-state index contributed by atoms with van der Waals surface area (Å²) in [7, 11) is 0. The Kier molecular flexibility index (Phi) is 5.75. The zero-order chi connectivity index (χ0) is 16.7. The van der Waals surface area contributed by atoms with E-state index >= 15 is 0 Å². The molecule has 23 heavy (non-hydrogen) atoms. The molecule has 0 saturated carbocycles. The van der Waals surface area contributed by atoms with Crippen molar-refractivity contribution >= 4 is 11.6 Å². The molecule has 5 nitrogen and oxygen atoms in total. The van der Waals surface area contributed by atoms with Crippen molar-refractivity contribution in [3.8, 4) is 6.07 Å². The molecule has 120 valence electrons. The van der Waals surface area contributed by atoms with Crippen molar-refractivity contribution in [1.82, 2.24) is 10.2 Å². The van der Waals surface area contributed by atoms with Crippen molar-refractivity contribution in [3.63, 3.8) is 0 Å². The van der Waals surface area contributed by atoms with Crippen molar-refractivity contribution < 1.29 is 9.18 Å². The van der Waals surface area contributed by atoms with E-state index in [1.54, 1.807) is 23.1 Å². The summed E-state index contributed by atoms with van der Waals surface area (Å²) in [5.41, 5.74) is 1.02. The van der Waals surface area contributed by atoms with Crippen LogP contribution in [0.2, 0.25) is 0 Å². The Bertz CT molecular complexity index is 625. The van der Waals surface area contributed by atoms with E-state index in [2.05, 4.69) is 16.8 Å². The topological polar surface area (TPSA) is 59.4 Å². The molecule has 1 aliphatic rings.